The van der Waals surface area contributed by atoms with Gasteiger partial charge in [-0.05, 0) is 31.8 Å². The zero-order chi connectivity index (χ0) is 11.5. The molecule has 1 N–H and O–H groups in total. The number of benzene rings is 1. The molecule has 0 aliphatic rings. The van der Waals surface area contributed by atoms with E-state index in [2.05, 4.69) is 4.98 Å². The summed E-state index contributed by atoms with van der Waals surface area (Å²) in [7, 11) is 3.90. The van der Waals surface area contributed by atoms with Gasteiger partial charge in [0.15, 0.2) is 0 Å². The fraction of sp³-hybridized carbons (Fsp3) is 0.308. The van der Waals surface area contributed by atoms with E-state index in [9.17, 15) is 5.11 Å². The molecule has 0 bridgehead atoms. The highest BCUT2D eigenvalue weighted by atomic mass is 16.3. The molecule has 1 unspecified atom stereocenters. The first-order valence-corrected chi connectivity index (χ1v) is 5.35. The largest absolute Gasteiger partial charge is 0.387 e. The standard InChI is InChI=1S/C13H16N2O/c1-15(2)9-13(16)11-5-3-7-12-10(11)6-4-8-14-12/h3-8,13,16H,9H2,1-2H3. The second-order valence-corrected chi connectivity index (χ2v) is 4.20. The number of likely N-dealkylation sites (N-methyl/N-ethyl adjacent to an activating group) is 1. The Kier molecular flexibility index (Phi) is 3.17. The Hall–Kier alpha value is -1.45. The molecule has 0 saturated heterocycles. The maximum atomic E-state index is 10.1. The molecule has 2 aromatic rings. The van der Waals surface area contributed by atoms with E-state index < -0.39 is 6.10 Å². The molecule has 0 aliphatic carbocycles. The molecule has 0 saturated carbocycles. The Labute approximate surface area is 95.3 Å². The van der Waals surface area contributed by atoms with Gasteiger partial charge in [-0.25, -0.2) is 0 Å². The van der Waals surface area contributed by atoms with Crippen LogP contribution in [0, 0.1) is 0 Å². The van der Waals surface area contributed by atoms with Gasteiger partial charge in [0.05, 0.1) is 11.6 Å². The summed E-state index contributed by atoms with van der Waals surface area (Å²) in [5.74, 6) is 0. The molecule has 0 amide bonds. The third-order valence-electron chi connectivity index (χ3n) is 2.58. The lowest BCUT2D eigenvalue weighted by Crippen LogP contribution is -2.20. The van der Waals surface area contributed by atoms with Crippen molar-refractivity contribution in [1.82, 2.24) is 9.88 Å². The minimum Gasteiger partial charge on any atom is -0.387 e. The van der Waals surface area contributed by atoms with Crippen LogP contribution in [0.25, 0.3) is 10.9 Å². The van der Waals surface area contributed by atoms with E-state index in [4.69, 9.17) is 0 Å². The van der Waals surface area contributed by atoms with Crippen molar-refractivity contribution in [2.75, 3.05) is 20.6 Å². The van der Waals surface area contributed by atoms with Crippen LogP contribution in [0.1, 0.15) is 11.7 Å². The molecule has 1 atom stereocenters. The van der Waals surface area contributed by atoms with Gasteiger partial charge in [-0.2, -0.15) is 0 Å². The zero-order valence-electron chi connectivity index (χ0n) is 9.59. The summed E-state index contributed by atoms with van der Waals surface area (Å²) in [4.78, 5) is 6.25. The number of hydrogen-bond donors (Lipinski definition) is 1. The summed E-state index contributed by atoms with van der Waals surface area (Å²) in [6.07, 6.45) is 1.30. The highest BCUT2D eigenvalue weighted by Crippen LogP contribution is 2.23. The average molecular weight is 216 g/mol. The molecule has 0 fully saturated rings. The number of aliphatic hydroxyl groups excluding tert-OH is 1. The van der Waals surface area contributed by atoms with Crippen LogP contribution in [0.5, 0.6) is 0 Å². The lowest BCUT2D eigenvalue weighted by atomic mass is 10.0. The minimum atomic E-state index is -0.470. The van der Waals surface area contributed by atoms with Crippen molar-refractivity contribution in [2.45, 2.75) is 6.10 Å². The zero-order valence-corrected chi connectivity index (χ0v) is 9.59. The number of fused-ring (bicyclic) bond motifs is 1. The number of aliphatic hydroxyl groups is 1. The molecule has 1 heterocycles. The van der Waals surface area contributed by atoms with Crippen molar-refractivity contribution in [2.24, 2.45) is 0 Å². The van der Waals surface area contributed by atoms with Gasteiger partial charge in [0, 0.05) is 18.1 Å². The summed E-state index contributed by atoms with van der Waals surface area (Å²) in [6.45, 7) is 0.619. The van der Waals surface area contributed by atoms with E-state index in [0.717, 1.165) is 16.5 Å². The van der Waals surface area contributed by atoms with Crippen molar-refractivity contribution < 1.29 is 5.11 Å². The fourth-order valence-corrected chi connectivity index (χ4v) is 1.86. The van der Waals surface area contributed by atoms with E-state index in [-0.39, 0.29) is 0 Å². The third-order valence-corrected chi connectivity index (χ3v) is 2.58. The van der Waals surface area contributed by atoms with E-state index in [1.807, 2.05) is 49.3 Å². The lowest BCUT2D eigenvalue weighted by Gasteiger charge is -2.17. The molecule has 84 valence electrons. The minimum absolute atomic E-state index is 0.470. The molecule has 3 nitrogen and oxygen atoms in total. The van der Waals surface area contributed by atoms with Gasteiger partial charge in [0.1, 0.15) is 0 Å². The highest BCUT2D eigenvalue weighted by Gasteiger charge is 2.11. The molecule has 2 rings (SSSR count). The Morgan fingerprint density at radius 2 is 2.06 bits per heavy atom. The molecular formula is C13H16N2O. The number of hydrogen-bond acceptors (Lipinski definition) is 3. The first-order chi connectivity index (χ1) is 7.68. The summed E-state index contributed by atoms with van der Waals surface area (Å²) < 4.78 is 0. The van der Waals surface area contributed by atoms with Crippen LogP contribution >= 0.6 is 0 Å². The van der Waals surface area contributed by atoms with Crippen molar-refractivity contribution >= 4 is 10.9 Å². The highest BCUT2D eigenvalue weighted by molar-refractivity contribution is 5.82. The molecule has 0 aliphatic heterocycles. The summed E-state index contributed by atoms with van der Waals surface area (Å²) >= 11 is 0. The van der Waals surface area contributed by atoms with E-state index in [0.29, 0.717) is 6.54 Å². The molecule has 16 heavy (non-hydrogen) atoms. The van der Waals surface area contributed by atoms with Gasteiger partial charge in [-0.15, -0.1) is 0 Å². The Balaban J connectivity index is 2.44. The molecular weight excluding hydrogens is 200 g/mol. The number of pyridine rings is 1. The topological polar surface area (TPSA) is 36.4 Å². The van der Waals surface area contributed by atoms with Gasteiger partial charge >= 0.3 is 0 Å². The second-order valence-electron chi connectivity index (χ2n) is 4.20. The predicted octanol–water partition coefficient (Wildman–Crippen LogP) is 1.83. The maximum Gasteiger partial charge on any atom is 0.0923 e. The van der Waals surface area contributed by atoms with E-state index >= 15 is 0 Å². The van der Waals surface area contributed by atoms with Crippen molar-refractivity contribution in [1.29, 1.82) is 0 Å². The first-order valence-electron chi connectivity index (χ1n) is 5.35. The molecule has 3 heteroatoms. The van der Waals surface area contributed by atoms with Gasteiger partial charge < -0.3 is 10.0 Å². The van der Waals surface area contributed by atoms with Crippen LogP contribution in [0.3, 0.4) is 0 Å². The van der Waals surface area contributed by atoms with Crippen LogP contribution in [0.4, 0.5) is 0 Å². The Bertz CT molecular complexity index is 477. The summed E-state index contributed by atoms with van der Waals surface area (Å²) in [6, 6.07) is 9.74. The summed E-state index contributed by atoms with van der Waals surface area (Å²) in [5.41, 5.74) is 1.87. The summed E-state index contributed by atoms with van der Waals surface area (Å²) in [5, 5.41) is 11.1. The van der Waals surface area contributed by atoms with Crippen molar-refractivity contribution in [3.05, 3.63) is 42.1 Å². The smallest absolute Gasteiger partial charge is 0.0923 e. The molecule has 0 spiro atoms. The van der Waals surface area contributed by atoms with Crippen LogP contribution in [-0.4, -0.2) is 35.6 Å². The lowest BCUT2D eigenvalue weighted by molar-refractivity contribution is 0.140. The fourth-order valence-electron chi connectivity index (χ4n) is 1.86. The van der Waals surface area contributed by atoms with Gasteiger partial charge in [-0.3, -0.25) is 4.98 Å². The van der Waals surface area contributed by atoms with Crippen LogP contribution < -0.4 is 0 Å². The maximum absolute atomic E-state index is 10.1. The Morgan fingerprint density at radius 3 is 2.81 bits per heavy atom. The first kappa shape index (κ1) is 11.0. The SMILES string of the molecule is CN(C)CC(O)c1cccc2ncccc12. The van der Waals surface area contributed by atoms with Crippen LogP contribution in [0.2, 0.25) is 0 Å². The van der Waals surface area contributed by atoms with Gasteiger partial charge in [-0.1, -0.05) is 18.2 Å². The van der Waals surface area contributed by atoms with Crippen LogP contribution in [-0.2, 0) is 0 Å². The third kappa shape index (κ3) is 2.21. The van der Waals surface area contributed by atoms with Gasteiger partial charge in [0.25, 0.3) is 0 Å². The van der Waals surface area contributed by atoms with Crippen molar-refractivity contribution in [3.63, 3.8) is 0 Å². The second kappa shape index (κ2) is 4.60. The van der Waals surface area contributed by atoms with Crippen molar-refractivity contribution in [3.8, 4) is 0 Å². The van der Waals surface area contributed by atoms with E-state index in [1.54, 1.807) is 6.20 Å². The van der Waals surface area contributed by atoms with Crippen LogP contribution in [0.15, 0.2) is 36.5 Å². The average Bonchev–Trinajstić information content (AvgIpc) is 2.27. The quantitative estimate of drug-likeness (QED) is 0.850. The number of nitrogens with zero attached hydrogens (tertiary/aromatic N) is 2. The normalized spacial score (nSPS) is 13.2. The number of rotatable bonds is 3. The monoisotopic (exact) mass is 216 g/mol. The van der Waals surface area contributed by atoms with E-state index in [1.165, 1.54) is 0 Å². The van der Waals surface area contributed by atoms with Gasteiger partial charge in [0.2, 0.25) is 0 Å². The Morgan fingerprint density at radius 1 is 1.25 bits per heavy atom. The molecule has 0 radical (unpaired) electrons. The molecule has 1 aromatic heterocycles. The number of aromatic nitrogens is 1. The predicted molar refractivity (Wildman–Crippen MR) is 65.3 cm³/mol. The molecule has 1 aromatic carbocycles.